The van der Waals surface area contributed by atoms with Crippen LogP contribution in [0.15, 0.2) is 30.5 Å². The molecule has 2 aromatic rings. The molecule has 23 heavy (non-hydrogen) atoms. The van der Waals surface area contributed by atoms with Crippen LogP contribution >= 0.6 is 11.3 Å². The lowest BCUT2D eigenvalue weighted by atomic mass is 9.50. The number of hydrogen-bond acceptors (Lipinski definition) is 3. The fourth-order valence-corrected chi connectivity index (χ4v) is 6.87. The van der Waals surface area contributed by atoms with Crippen LogP contribution in [0.25, 0.3) is 10.4 Å². The van der Waals surface area contributed by atoms with Crippen LogP contribution in [-0.4, -0.2) is 4.98 Å². The van der Waals surface area contributed by atoms with Crippen molar-refractivity contribution < 1.29 is 0 Å². The molecule has 1 aromatic carbocycles. The Balaban J connectivity index is 1.48. The Morgan fingerprint density at radius 3 is 2.17 bits per heavy atom. The van der Waals surface area contributed by atoms with Gasteiger partial charge in [0.05, 0.1) is 21.5 Å². The number of hydrogen-bond donors (Lipinski definition) is 0. The Hall–Kier alpha value is -1.66. The fourth-order valence-electron chi connectivity index (χ4n) is 5.73. The number of rotatable bonds is 2. The van der Waals surface area contributed by atoms with Crippen LogP contribution in [0.2, 0.25) is 0 Å². The van der Waals surface area contributed by atoms with E-state index < -0.39 is 0 Å². The van der Waals surface area contributed by atoms with Crippen LogP contribution in [0.3, 0.4) is 0 Å². The van der Waals surface area contributed by atoms with E-state index in [1.54, 1.807) is 0 Å². The first-order valence-corrected chi connectivity index (χ1v) is 9.53. The monoisotopic (exact) mass is 320 g/mol. The van der Waals surface area contributed by atoms with Gasteiger partial charge in [-0.1, -0.05) is 12.1 Å². The van der Waals surface area contributed by atoms with Crippen LogP contribution in [0.4, 0.5) is 0 Å². The van der Waals surface area contributed by atoms with E-state index in [1.807, 2.05) is 23.5 Å². The second-order valence-electron chi connectivity index (χ2n) is 7.92. The minimum Gasteiger partial charge on any atom is -0.248 e. The maximum Gasteiger partial charge on any atom is 0.0993 e. The summed E-state index contributed by atoms with van der Waals surface area (Å²) in [4.78, 5) is 6.13. The molecule has 0 aliphatic heterocycles. The zero-order chi connectivity index (χ0) is 15.4. The van der Waals surface area contributed by atoms with Crippen LogP contribution < -0.4 is 0 Å². The first-order chi connectivity index (χ1) is 11.2. The predicted octanol–water partition coefficient (Wildman–Crippen LogP) is 5.15. The Labute approximate surface area is 141 Å². The van der Waals surface area contributed by atoms with Gasteiger partial charge in [-0.15, -0.1) is 11.3 Å². The molecule has 4 aliphatic carbocycles. The summed E-state index contributed by atoms with van der Waals surface area (Å²) in [6.07, 6.45) is 10.6. The average Bonchev–Trinajstić information content (AvgIpc) is 3.04. The fraction of sp³-hybridized carbons (Fsp3) is 0.500. The summed E-state index contributed by atoms with van der Waals surface area (Å²) in [7, 11) is 0. The maximum absolute atomic E-state index is 8.94. The highest BCUT2D eigenvalue weighted by atomic mass is 32.1. The number of nitrogens with zero attached hydrogens (tertiary/aromatic N) is 2. The molecule has 0 unspecified atom stereocenters. The summed E-state index contributed by atoms with van der Waals surface area (Å²) in [5.74, 6) is 2.88. The molecule has 0 amide bonds. The minimum absolute atomic E-state index is 0.393. The largest absolute Gasteiger partial charge is 0.248 e. The number of benzene rings is 1. The molecular formula is C20H20N2S. The summed E-state index contributed by atoms with van der Waals surface area (Å²) >= 11 is 1.89. The van der Waals surface area contributed by atoms with E-state index in [0.717, 1.165) is 23.3 Å². The van der Waals surface area contributed by atoms with E-state index >= 15 is 0 Å². The van der Waals surface area contributed by atoms with Crippen LogP contribution in [0.5, 0.6) is 0 Å². The molecule has 1 aromatic heterocycles. The Morgan fingerprint density at radius 1 is 1.00 bits per heavy atom. The van der Waals surface area contributed by atoms with Gasteiger partial charge in [0.1, 0.15) is 0 Å². The van der Waals surface area contributed by atoms with Gasteiger partial charge in [-0.05, 0) is 74.0 Å². The van der Waals surface area contributed by atoms with Crippen molar-refractivity contribution in [3.63, 3.8) is 0 Å². The molecule has 4 aliphatic rings. The van der Waals surface area contributed by atoms with Gasteiger partial charge < -0.3 is 0 Å². The van der Waals surface area contributed by atoms with Crippen molar-refractivity contribution in [3.8, 4) is 16.5 Å². The number of thiazole rings is 1. The molecule has 1 heterocycles. The van der Waals surface area contributed by atoms with Gasteiger partial charge in [0.2, 0.25) is 0 Å². The van der Waals surface area contributed by atoms with Crippen molar-refractivity contribution >= 4 is 11.3 Å². The second kappa shape index (κ2) is 4.92. The van der Waals surface area contributed by atoms with E-state index in [-0.39, 0.29) is 0 Å². The topological polar surface area (TPSA) is 36.7 Å². The van der Waals surface area contributed by atoms with Gasteiger partial charge in [-0.2, -0.15) is 5.26 Å². The quantitative estimate of drug-likeness (QED) is 0.767. The summed E-state index contributed by atoms with van der Waals surface area (Å²) < 4.78 is 0. The average molecular weight is 320 g/mol. The lowest BCUT2D eigenvalue weighted by Gasteiger charge is -2.56. The smallest absolute Gasteiger partial charge is 0.0993 e. The third-order valence-corrected chi connectivity index (χ3v) is 7.59. The molecule has 3 heteroatoms. The first-order valence-electron chi connectivity index (χ1n) is 8.71. The minimum atomic E-state index is 0.393. The van der Waals surface area contributed by atoms with E-state index in [0.29, 0.717) is 5.41 Å². The standard InChI is InChI=1S/C20H20N2S/c21-11-13-1-3-17(4-2-13)18-12-22-19(23-18)20-8-14-5-15(9-20)7-16(6-14)10-20/h1-4,12,14-16H,5-10H2. The Morgan fingerprint density at radius 2 is 1.61 bits per heavy atom. The zero-order valence-corrected chi connectivity index (χ0v) is 14.0. The lowest BCUT2D eigenvalue weighted by molar-refractivity contribution is -0.00527. The summed E-state index contributed by atoms with van der Waals surface area (Å²) in [6.45, 7) is 0. The number of nitriles is 1. The van der Waals surface area contributed by atoms with Crippen LogP contribution in [0.1, 0.15) is 49.1 Å². The second-order valence-corrected chi connectivity index (χ2v) is 8.95. The normalized spacial score (nSPS) is 34.5. The summed E-state index contributed by atoms with van der Waals surface area (Å²) in [5, 5.41) is 10.3. The summed E-state index contributed by atoms with van der Waals surface area (Å²) in [6, 6.07) is 10.1. The SMILES string of the molecule is N#Cc1ccc(-c2cnc(C34CC5CC(CC(C5)C3)C4)s2)cc1. The van der Waals surface area contributed by atoms with Gasteiger partial charge in [0, 0.05) is 11.6 Å². The van der Waals surface area contributed by atoms with Crippen molar-refractivity contribution in [2.24, 2.45) is 17.8 Å². The van der Waals surface area contributed by atoms with Gasteiger partial charge in [-0.25, -0.2) is 4.98 Å². The van der Waals surface area contributed by atoms with Gasteiger partial charge >= 0.3 is 0 Å². The predicted molar refractivity (Wildman–Crippen MR) is 92.1 cm³/mol. The molecule has 2 nitrogen and oxygen atoms in total. The van der Waals surface area contributed by atoms with Crippen LogP contribution in [-0.2, 0) is 5.41 Å². The third-order valence-electron chi connectivity index (χ3n) is 6.30. The van der Waals surface area contributed by atoms with Gasteiger partial charge in [0.25, 0.3) is 0 Å². The molecular weight excluding hydrogens is 300 g/mol. The van der Waals surface area contributed by atoms with Crippen molar-refractivity contribution in [2.45, 2.75) is 43.9 Å². The lowest BCUT2D eigenvalue weighted by Crippen LogP contribution is -2.48. The molecule has 4 bridgehead atoms. The zero-order valence-electron chi connectivity index (χ0n) is 13.2. The number of aromatic nitrogens is 1. The van der Waals surface area contributed by atoms with Gasteiger partial charge in [-0.3, -0.25) is 0 Å². The maximum atomic E-state index is 8.94. The van der Waals surface area contributed by atoms with Crippen molar-refractivity contribution in [1.82, 2.24) is 4.98 Å². The molecule has 0 spiro atoms. The highest BCUT2D eigenvalue weighted by Gasteiger charge is 2.52. The molecule has 0 radical (unpaired) electrons. The van der Waals surface area contributed by atoms with Crippen LogP contribution in [0, 0.1) is 29.1 Å². The van der Waals surface area contributed by atoms with E-state index in [4.69, 9.17) is 10.2 Å². The van der Waals surface area contributed by atoms with E-state index in [2.05, 4.69) is 24.4 Å². The van der Waals surface area contributed by atoms with E-state index in [1.165, 1.54) is 54.0 Å². The summed E-state index contributed by atoms with van der Waals surface area (Å²) in [5.41, 5.74) is 2.31. The van der Waals surface area contributed by atoms with Gasteiger partial charge in [0.15, 0.2) is 0 Å². The molecule has 6 rings (SSSR count). The third kappa shape index (κ3) is 2.16. The van der Waals surface area contributed by atoms with Crippen molar-refractivity contribution in [1.29, 1.82) is 5.26 Å². The van der Waals surface area contributed by atoms with Crippen molar-refractivity contribution in [2.75, 3.05) is 0 Å². The molecule has 0 N–H and O–H groups in total. The molecule has 0 atom stereocenters. The highest BCUT2D eigenvalue weighted by Crippen LogP contribution is 2.61. The molecule has 4 saturated carbocycles. The highest BCUT2D eigenvalue weighted by molar-refractivity contribution is 7.15. The molecule has 116 valence electrons. The Kier molecular flexibility index (Phi) is 2.94. The first kappa shape index (κ1) is 13.7. The van der Waals surface area contributed by atoms with E-state index in [9.17, 15) is 0 Å². The van der Waals surface area contributed by atoms with Crippen molar-refractivity contribution in [3.05, 3.63) is 41.0 Å². The molecule has 0 saturated heterocycles. The molecule has 4 fully saturated rings. The Bertz CT molecular complexity index is 745.